The van der Waals surface area contributed by atoms with Crippen molar-refractivity contribution in [2.24, 2.45) is 4.99 Å². The summed E-state index contributed by atoms with van der Waals surface area (Å²) in [6.07, 6.45) is 0. The fourth-order valence-electron chi connectivity index (χ4n) is 1.47. The lowest BCUT2D eigenvalue weighted by molar-refractivity contribution is 0.322. The average molecular weight is 236 g/mol. The molecule has 0 bridgehead atoms. The highest BCUT2D eigenvalue weighted by Gasteiger charge is 2.05. The summed E-state index contributed by atoms with van der Waals surface area (Å²) in [4.78, 5) is 4.31. The van der Waals surface area contributed by atoms with Crippen LogP contribution in [0.3, 0.4) is 0 Å². The van der Waals surface area contributed by atoms with Crippen molar-refractivity contribution >= 4 is 16.9 Å². The second-order valence-electron chi connectivity index (χ2n) is 3.63. The maximum Gasteiger partial charge on any atom is 0.156 e. The Morgan fingerprint density at radius 3 is 3.19 bits per heavy atom. The zero-order valence-electron chi connectivity index (χ0n) is 9.40. The lowest BCUT2D eigenvalue weighted by Crippen LogP contribution is -2.24. The molecule has 3 nitrogen and oxygen atoms in total. The molecular formula is C12H16N2OS. The van der Waals surface area contributed by atoms with E-state index in [9.17, 15) is 0 Å². The van der Waals surface area contributed by atoms with E-state index in [0.717, 1.165) is 29.8 Å². The van der Waals surface area contributed by atoms with Crippen molar-refractivity contribution in [1.82, 2.24) is 5.32 Å². The van der Waals surface area contributed by atoms with E-state index in [0.29, 0.717) is 6.61 Å². The molecule has 0 radical (unpaired) electrons. The lowest BCUT2D eigenvalue weighted by Gasteiger charge is -2.08. The first kappa shape index (κ1) is 11.3. The molecule has 0 fully saturated rings. The van der Waals surface area contributed by atoms with Crippen LogP contribution in [0.15, 0.2) is 29.3 Å². The topological polar surface area (TPSA) is 33.6 Å². The van der Waals surface area contributed by atoms with Gasteiger partial charge in [0.25, 0.3) is 0 Å². The number of benzene rings is 1. The van der Waals surface area contributed by atoms with Crippen LogP contribution in [0.25, 0.3) is 0 Å². The molecule has 1 N–H and O–H groups in total. The van der Waals surface area contributed by atoms with Crippen LogP contribution in [0, 0.1) is 6.92 Å². The second kappa shape index (κ2) is 5.80. The fraction of sp³-hybridized carbons (Fsp3) is 0.417. The van der Waals surface area contributed by atoms with Crippen LogP contribution in [0.5, 0.6) is 5.75 Å². The van der Waals surface area contributed by atoms with Gasteiger partial charge in [-0.25, -0.2) is 0 Å². The Labute approximate surface area is 100 Å². The van der Waals surface area contributed by atoms with Gasteiger partial charge in [0.2, 0.25) is 0 Å². The van der Waals surface area contributed by atoms with Crippen LogP contribution >= 0.6 is 11.8 Å². The minimum Gasteiger partial charge on any atom is -0.492 e. The van der Waals surface area contributed by atoms with Crippen LogP contribution in [-0.2, 0) is 0 Å². The molecule has 0 atom stereocenters. The Morgan fingerprint density at radius 1 is 1.50 bits per heavy atom. The van der Waals surface area contributed by atoms with Crippen LogP contribution in [-0.4, -0.2) is 30.6 Å². The summed E-state index contributed by atoms with van der Waals surface area (Å²) in [5.41, 5.74) is 1.22. The van der Waals surface area contributed by atoms with E-state index in [4.69, 9.17) is 4.74 Å². The molecule has 86 valence electrons. The predicted octanol–water partition coefficient (Wildman–Crippen LogP) is 2.07. The second-order valence-corrected chi connectivity index (χ2v) is 4.71. The van der Waals surface area contributed by atoms with E-state index in [-0.39, 0.29) is 0 Å². The number of nitrogens with zero attached hydrogens (tertiary/aromatic N) is 1. The van der Waals surface area contributed by atoms with Crippen molar-refractivity contribution in [2.75, 3.05) is 25.4 Å². The van der Waals surface area contributed by atoms with Crippen molar-refractivity contribution in [3.05, 3.63) is 29.8 Å². The van der Waals surface area contributed by atoms with Crippen molar-refractivity contribution in [1.29, 1.82) is 0 Å². The number of nitrogens with one attached hydrogen (secondary N) is 1. The molecule has 0 aliphatic carbocycles. The van der Waals surface area contributed by atoms with Gasteiger partial charge >= 0.3 is 0 Å². The number of thioether (sulfide) groups is 1. The Bertz CT molecular complexity index is 379. The van der Waals surface area contributed by atoms with E-state index in [1.165, 1.54) is 5.56 Å². The predicted molar refractivity (Wildman–Crippen MR) is 69.4 cm³/mol. The highest BCUT2D eigenvalue weighted by molar-refractivity contribution is 8.14. The van der Waals surface area contributed by atoms with Gasteiger partial charge in [-0.3, -0.25) is 4.99 Å². The molecule has 2 rings (SSSR count). The van der Waals surface area contributed by atoms with Crippen molar-refractivity contribution in [3.8, 4) is 5.75 Å². The van der Waals surface area contributed by atoms with Crippen molar-refractivity contribution < 1.29 is 4.74 Å². The highest BCUT2D eigenvalue weighted by Crippen LogP contribution is 2.12. The standard InChI is InChI=1S/C12H16N2OS/c1-10-3-2-4-11(9-10)15-7-5-13-12-14-6-8-16-12/h2-4,9H,5-8H2,1H3,(H,13,14). The van der Waals surface area contributed by atoms with Crippen molar-refractivity contribution in [2.45, 2.75) is 6.92 Å². The molecule has 1 aromatic carbocycles. The van der Waals surface area contributed by atoms with Gasteiger partial charge in [0.1, 0.15) is 12.4 Å². The largest absolute Gasteiger partial charge is 0.492 e. The zero-order valence-corrected chi connectivity index (χ0v) is 10.2. The molecular weight excluding hydrogens is 220 g/mol. The van der Waals surface area contributed by atoms with E-state index in [1.54, 1.807) is 11.8 Å². The van der Waals surface area contributed by atoms with E-state index in [2.05, 4.69) is 23.3 Å². The molecule has 1 aliphatic rings. The molecule has 16 heavy (non-hydrogen) atoms. The molecule has 0 saturated carbocycles. The third-order valence-corrected chi connectivity index (χ3v) is 3.16. The molecule has 0 amide bonds. The van der Waals surface area contributed by atoms with Gasteiger partial charge in [-0.1, -0.05) is 23.9 Å². The van der Waals surface area contributed by atoms with Crippen LogP contribution in [0.4, 0.5) is 0 Å². The fourth-order valence-corrected chi connectivity index (χ4v) is 2.24. The first-order valence-electron chi connectivity index (χ1n) is 5.45. The molecule has 4 heteroatoms. The summed E-state index contributed by atoms with van der Waals surface area (Å²) in [7, 11) is 0. The van der Waals surface area contributed by atoms with Gasteiger partial charge in [0, 0.05) is 5.75 Å². The summed E-state index contributed by atoms with van der Waals surface area (Å²) < 4.78 is 5.62. The maximum atomic E-state index is 5.62. The molecule has 1 heterocycles. The van der Waals surface area contributed by atoms with Gasteiger partial charge in [-0.2, -0.15) is 0 Å². The number of amidine groups is 1. The Morgan fingerprint density at radius 2 is 2.44 bits per heavy atom. The smallest absolute Gasteiger partial charge is 0.156 e. The van der Waals surface area contributed by atoms with Gasteiger partial charge in [-0.15, -0.1) is 0 Å². The van der Waals surface area contributed by atoms with Gasteiger partial charge < -0.3 is 10.1 Å². The van der Waals surface area contributed by atoms with Gasteiger partial charge in [0.15, 0.2) is 5.17 Å². The maximum absolute atomic E-state index is 5.62. The minimum atomic E-state index is 0.670. The molecule has 0 unspecified atom stereocenters. The molecule has 0 saturated heterocycles. The van der Waals surface area contributed by atoms with Gasteiger partial charge in [0.05, 0.1) is 13.1 Å². The van der Waals surface area contributed by atoms with Crippen molar-refractivity contribution in [3.63, 3.8) is 0 Å². The quantitative estimate of drug-likeness (QED) is 0.813. The summed E-state index contributed by atoms with van der Waals surface area (Å²) in [6.45, 7) is 4.48. The number of aliphatic imine (C=N–C) groups is 1. The number of rotatable bonds is 4. The van der Waals surface area contributed by atoms with Crippen LogP contribution < -0.4 is 10.1 Å². The van der Waals surface area contributed by atoms with E-state index in [1.807, 2.05) is 18.2 Å². The molecule has 1 aromatic rings. The monoisotopic (exact) mass is 236 g/mol. The normalized spacial score (nSPS) is 14.7. The number of hydrogen-bond acceptors (Lipinski definition) is 4. The average Bonchev–Trinajstić information content (AvgIpc) is 2.77. The SMILES string of the molecule is Cc1cccc(OCCNC2=NCCS2)c1. The third kappa shape index (κ3) is 3.45. The molecule has 0 aromatic heterocycles. The summed E-state index contributed by atoms with van der Waals surface area (Å²) in [5, 5.41) is 4.30. The number of hydrogen-bond donors (Lipinski definition) is 1. The zero-order chi connectivity index (χ0) is 11.2. The van der Waals surface area contributed by atoms with E-state index < -0.39 is 0 Å². The molecule has 0 spiro atoms. The lowest BCUT2D eigenvalue weighted by atomic mass is 10.2. The number of ether oxygens (including phenoxy) is 1. The highest BCUT2D eigenvalue weighted by atomic mass is 32.2. The van der Waals surface area contributed by atoms with E-state index >= 15 is 0 Å². The number of aryl methyl sites for hydroxylation is 1. The van der Waals surface area contributed by atoms with Crippen LogP contribution in [0.1, 0.15) is 5.56 Å². The summed E-state index contributed by atoms with van der Waals surface area (Å²) >= 11 is 1.77. The first-order valence-corrected chi connectivity index (χ1v) is 6.44. The van der Waals surface area contributed by atoms with Gasteiger partial charge in [-0.05, 0) is 24.6 Å². The Kier molecular flexibility index (Phi) is 4.10. The minimum absolute atomic E-state index is 0.670. The third-order valence-electron chi connectivity index (χ3n) is 2.22. The summed E-state index contributed by atoms with van der Waals surface area (Å²) in [6, 6.07) is 8.10. The Hall–Kier alpha value is -1.16. The Balaban J connectivity index is 1.68. The summed E-state index contributed by atoms with van der Waals surface area (Å²) in [5.74, 6) is 2.03. The van der Waals surface area contributed by atoms with Crippen LogP contribution in [0.2, 0.25) is 0 Å². The first-order chi connectivity index (χ1) is 7.84. The molecule has 1 aliphatic heterocycles.